The van der Waals surface area contributed by atoms with Crippen LogP contribution in [0.3, 0.4) is 0 Å². The first-order chi connectivity index (χ1) is 10.2. The highest BCUT2D eigenvalue weighted by atomic mass is 32.1. The molecule has 1 unspecified atom stereocenters. The molecule has 0 aliphatic carbocycles. The largest absolute Gasteiger partial charge is 0.493 e. The summed E-state index contributed by atoms with van der Waals surface area (Å²) in [6.45, 7) is 7.47. The second-order valence-corrected chi connectivity index (χ2v) is 6.26. The Bertz CT molecular complexity index is 534. The number of aromatic nitrogens is 2. The minimum absolute atomic E-state index is 0.222. The van der Waals surface area contributed by atoms with E-state index in [1.807, 2.05) is 6.20 Å². The van der Waals surface area contributed by atoms with Gasteiger partial charge in [0.1, 0.15) is 0 Å². The predicted octanol–water partition coefficient (Wildman–Crippen LogP) is 3.82. The summed E-state index contributed by atoms with van der Waals surface area (Å²) in [5.41, 5.74) is 2.50. The Hall–Kier alpha value is -1.33. The van der Waals surface area contributed by atoms with Gasteiger partial charge < -0.3 is 10.1 Å². The van der Waals surface area contributed by atoms with Crippen molar-refractivity contribution in [2.24, 2.45) is 0 Å². The predicted molar refractivity (Wildman–Crippen MR) is 88.2 cm³/mol. The molecule has 0 radical (unpaired) electrons. The topological polar surface area (TPSA) is 39.1 Å². The molecule has 1 N–H and O–H groups in total. The summed E-state index contributed by atoms with van der Waals surface area (Å²) < 4.78 is 7.60. The maximum Gasteiger partial charge on any atom is 0.161 e. The summed E-state index contributed by atoms with van der Waals surface area (Å²) in [6, 6.07) is 2.73. The summed E-state index contributed by atoms with van der Waals surface area (Å²) in [5.74, 6) is 0.868. The highest BCUT2D eigenvalue weighted by Gasteiger charge is 2.23. The fraction of sp³-hybridized carbons (Fsp3) is 0.562. The van der Waals surface area contributed by atoms with E-state index in [4.69, 9.17) is 4.74 Å². The smallest absolute Gasteiger partial charge is 0.161 e. The minimum atomic E-state index is 0.222. The number of rotatable bonds is 8. The van der Waals surface area contributed by atoms with Crippen molar-refractivity contribution in [3.05, 3.63) is 34.3 Å². The van der Waals surface area contributed by atoms with Gasteiger partial charge in [-0.2, -0.15) is 16.4 Å². The maximum absolute atomic E-state index is 5.54. The van der Waals surface area contributed by atoms with E-state index in [2.05, 4.69) is 52.7 Å². The molecular weight excluding hydrogens is 282 g/mol. The van der Waals surface area contributed by atoms with E-state index < -0.39 is 0 Å². The van der Waals surface area contributed by atoms with Crippen molar-refractivity contribution in [1.82, 2.24) is 15.1 Å². The van der Waals surface area contributed by atoms with E-state index in [1.54, 1.807) is 18.4 Å². The molecule has 0 aliphatic rings. The van der Waals surface area contributed by atoms with Gasteiger partial charge in [-0.3, -0.25) is 4.68 Å². The number of methoxy groups -OCH3 is 1. The van der Waals surface area contributed by atoms with Crippen LogP contribution in [0.25, 0.3) is 0 Å². The molecule has 0 fully saturated rings. The summed E-state index contributed by atoms with van der Waals surface area (Å²) in [6.07, 6.45) is 3.89. The molecule has 0 amide bonds. The van der Waals surface area contributed by atoms with Gasteiger partial charge in [-0.25, -0.2) is 0 Å². The highest BCUT2D eigenvalue weighted by molar-refractivity contribution is 7.07. The molecule has 4 nitrogen and oxygen atoms in total. The molecule has 2 aromatic rings. The lowest BCUT2D eigenvalue weighted by molar-refractivity contribution is 0.382. The van der Waals surface area contributed by atoms with Crippen molar-refractivity contribution in [3.63, 3.8) is 0 Å². The van der Waals surface area contributed by atoms with Crippen molar-refractivity contribution in [3.8, 4) is 5.75 Å². The zero-order valence-electron chi connectivity index (χ0n) is 13.3. The average molecular weight is 307 g/mol. The number of thiophene rings is 1. The normalized spacial score (nSPS) is 12.8. The SMILES string of the molecule is CCCNC(Cc1ccsc1)c1c(OC)cnn1C(C)C. The van der Waals surface area contributed by atoms with Gasteiger partial charge in [0.2, 0.25) is 0 Å². The lowest BCUT2D eigenvalue weighted by atomic mass is 10.0. The van der Waals surface area contributed by atoms with E-state index in [9.17, 15) is 0 Å². The molecule has 0 bridgehead atoms. The van der Waals surface area contributed by atoms with Gasteiger partial charge in [-0.1, -0.05) is 6.92 Å². The van der Waals surface area contributed by atoms with E-state index in [0.29, 0.717) is 6.04 Å². The molecule has 0 saturated carbocycles. The van der Waals surface area contributed by atoms with Crippen LogP contribution >= 0.6 is 11.3 Å². The second kappa shape index (κ2) is 7.61. The Kier molecular flexibility index (Phi) is 5.82. The van der Waals surface area contributed by atoms with Crippen molar-refractivity contribution in [2.45, 2.75) is 45.7 Å². The van der Waals surface area contributed by atoms with Gasteiger partial charge in [0.05, 0.1) is 25.0 Å². The minimum Gasteiger partial charge on any atom is -0.493 e. The van der Waals surface area contributed by atoms with E-state index >= 15 is 0 Å². The summed E-state index contributed by atoms with van der Waals surface area (Å²) in [7, 11) is 1.71. The van der Waals surface area contributed by atoms with Crippen LogP contribution in [0.2, 0.25) is 0 Å². The van der Waals surface area contributed by atoms with Crippen molar-refractivity contribution < 1.29 is 4.74 Å². The monoisotopic (exact) mass is 307 g/mol. The maximum atomic E-state index is 5.54. The number of nitrogens with one attached hydrogen (secondary N) is 1. The third kappa shape index (κ3) is 3.86. The molecule has 0 aromatic carbocycles. The molecule has 2 rings (SSSR count). The van der Waals surface area contributed by atoms with Crippen LogP contribution in [-0.4, -0.2) is 23.4 Å². The average Bonchev–Trinajstić information content (AvgIpc) is 3.11. The zero-order chi connectivity index (χ0) is 15.2. The van der Waals surface area contributed by atoms with Crippen LogP contribution < -0.4 is 10.1 Å². The van der Waals surface area contributed by atoms with Gasteiger partial charge in [0.25, 0.3) is 0 Å². The highest BCUT2D eigenvalue weighted by Crippen LogP contribution is 2.30. The van der Waals surface area contributed by atoms with Gasteiger partial charge in [0.15, 0.2) is 5.75 Å². The molecular formula is C16H25N3OS. The van der Waals surface area contributed by atoms with Gasteiger partial charge in [-0.05, 0) is 55.6 Å². The van der Waals surface area contributed by atoms with Gasteiger partial charge >= 0.3 is 0 Å². The Morgan fingerprint density at radius 3 is 2.81 bits per heavy atom. The lowest BCUT2D eigenvalue weighted by Gasteiger charge is -2.22. The lowest BCUT2D eigenvalue weighted by Crippen LogP contribution is -2.27. The molecule has 0 aliphatic heterocycles. The van der Waals surface area contributed by atoms with Crippen molar-refractivity contribution in [1.29, 1.82) is 0 Å². The van der Waals surface area contributed by atoms with Crippen LogP contribution in [0.15, 0.2) is 23.0 Å². The first-order valence-electron chi connectivity index (χ1n) is 7.53. The van der Waals surface area contributed by atoms with Crippen LogP contribution in [0.4, 0.5) is 0 Å². The standard InChI is InChI=1S/C16H25N3OS/c1-5-7-17-14(9-13-6-8-21-11-13)16-15(20-4)10-18-19(16)12(2)3/h6,8,10-12,14,17H,5,7,9H2,1-4H3. The first kappa shape index (κ1) is 16.0. The van der Waals surface area contributed by atoms with Crippen molar-refractivity contribution >= 4 is 11.3 Å². The molecule has 1 atom stereocenters. The van der Waals surface area contributed by atoms with Gasteiger partial charge in [-0.15, -0.1) is 0 Å². The molecule has 0 saturated heterocycles. The molecule has 0 spiro atoms. The molecule has 21 heavy (non-hydrogen) atoms. The van der Waals surface area contributed by atoms with E-state index in [1.165, 1.54) is 5.56 Å². The first-order valence-corrected chi connectivity index (χ1v) is 8.47. The summed E-state index contributed by atoms with van der Waals surface area (Å²) >= 11 is 1.74. The summed E-state index contributed by atoms with van der Waals surface area (Å²) in [5, 5.41) is 12.5. The number of nitrogens with zero attached hydrogens (tertiary/aromatic N) is 2. The van der Waals surface area contributed by atoms with Crippen LogP contribution in [0, 0.1) is 0 Å². The Balaban J connectivity index is 2.32. The quantitative estimate of drug-likeness (QED) is 0.806. The van der Waals surface area contributed by atoms with Crippen LogP contribution in [-0.2, 0) is 6.42 Å². The fourth-order valence-electron chi connectivity index (χ4n) is 2.48. The Morgan fingerprint density at radius 1 is 1.43 bits per heavy atom. The molecule has 2 heterocycles. The van der Waals surface area contributed by atoms with Crippen LogP contribution in [0.5, 0.6) is 5.75 Å². The van der Waals surface area contributed by atoms with E-state index in [-0.39, 0.29) is 6.04 Å². The molecule has 2 aromatic heterocycles. The third-order valence-corrected chi connectivity index (χ3v) is 4.23. The zero-order valence-corrected chi connectivity index (χ0v) is 14.1. The van der Waals surface area contributed by atoms with Crippen LogP contribution in [0.1, 0.15) is 50.5 Å². The second-order valence-electron chi connectivity index (χ2n) is 5.48. The molecule has 116 valence electrons. The Labute approximate surface area is 131 Å². The van der Waals surface area contributed by atoms with Crippen molar-refractivity contribution in [2.75, 3.05) is 13.7 Å². The molecule has 5 heteroatoms. The van der Waals surface area contributed by atoms with Gasteiger partial charge in [0, 0.05) is 6.04 Å². The Morgan fingerprint density at radius 2 is 2.24 bits per heavy atom. The third-order valence-electron chi connectivity index (χ3n) is 3.50. The summed E-state index contributed by atoms with van der Waals surface area (Å²) in [4.78, 5) is 0. The number of hydrogen-bond acceptors (Lipinski definition) is 4. The number of hydrogen-bond donors (Lipinski definition) is 1. The fourth-order valence-corrected chi connectivity index (χ4v) is 3.17. The van der Waals surface area contributed by atoms with E-state index in [0.717, 1.165) is 30.8 Å². The number of ether oxygens (including phenoxy) is 1.